The molecule has 0 radical (unpaired) electrons. The molecule has 0 aliphatic carbocycles. The van der Waals surface area contributed by atoms with Gasteiger partial charge < -0.3 is 9.79 Å². The number of alkyl halides is 2. The molecule has 0 aromatic heterocycles. The molecule has 0 rings (SSSR count). The van der Waals surface area contributed by atoms with Crippen LogP contribution >= 0.6 is 30.8 Å². The molecule has 0 spiro atoms. The molecule has 3 nitrogen and oxygen atoms in total. The van der Waals surface area contributed by atoms with Gasteiger partial charge in [0.25, 0.3) is 0 Å². The van der Waals surface area contributed by atoms with Gasteiger partial charge in [0.2, 0.25) is 0 Å². The van der Waals surface area contributed by atoms with Crippen molar-refractivity contribution in [3.8, 4) is 0 Å². The van der Waals surface area contributed by atoms with Crippen molar-refractivity contribution in [2.24, 2.45) is 0 Å². The zero-order valence-electron chi connectivity index (χ0n) is 7.12. The lowest BCUT2D eigenvalue weighted by Crippen LogP contribution is -2.27. The molecule has 0 amide bonds. The maximum absolute atomic E-state index is 11.2. The van der Waals surface area contributed by atoms with Crippen LogP contribution in [0.2, 0.25) is 0 Å². The van der Waals surface area contributed by atoms with Gasteiger partial charge >= 0.3 is 7.60 Å². The number of hydrogen-bond donors (Lipinski definition) is 2. The Morgan fingerprint density at radius 3 is 1.85 bits per heavy atom. The number of hydrogen-bond acceptors (Lipinski definition) is 1. The van der Waals surface area contributed by atoms with E-state index in [9.17, 15) is 4.57 Å². The monoisotopic (exact) mass is 246 g/mol. The Labute approximate surface area is 87.9 Å². The summed E-state index contributed by atoms with van der Waals surface area (Å²) in [4.78, 5) is 18.2. The Hall–Kier alpha value is 0.470. The maximum Gasteiger partial charge on any atom is 0.335 e. The summed E-state index contributed by atoms with van der Waals surface area (Å²) in [5.41, 5.74) is 0. The molecule has 0 aliphatic heterocycles. The van der Waals surface area contributed by atoms with Crippen LogP contribution in [0.4, 0.5) is 0 Å². The highest BCUT2D eigenvalue weighted by molar-refractivity contribution is 7.53. The average molecular weight is 247 g/mol. The van der Waals surface area contributed by atoms with Gasteiger partial charge in [0.1, 0.15) is 0 Å². The molecule has 6 heteroatoms. The van der Waals surface area contributed by atoms with E-state index < -0.39 is 12.8 Å². The number of allylic oxidation sites excluding steroid dienone is 1. The lowest BCUT2D eigenvalue weighted by atomic mass is 10.0. The second-order valence-electron chi connectivity index (χ2n) is 2.73. The first-order valence-corrected chi connectivity index (χ1v) is 6.43. The van der Waals surface area contributed by atoms with Gasteiger partial charge in [0, 0.05) is 11.8 Å². The molecule has 0 atom stereocenters. The number of rotatable bonds is 6. The Kier molecular flexibility index (Phi) is 5.57. The SMILES string of the molecule is C=CC(CCCl)(CCCl)P(=O)(O)O. The van der Waals surface area contributed by atoms with E-state index >= 15 is 0 Å². The van der Waals surface area contributed by atoms with Crippen LogP contribution in [0, 0.1) is 0 Å². The average Bonchev–Trinajstić information content (AvgIpc) is 2.02. The van der Waals surface area contributed by atoms with Crippen molar-refractivity contribution >= 4 is 30.8 Å². The van der Waals surface area contributed by atoms with E-state index in [4.69, 9.17) is 33.0 Å². The summed E-state index contributed by atoms with van der Waals surface area (Å²) in [6, 6.07) is 0. The van der Waals surface area contributed by atoms with Gasteiger partial charge in [-0.2, -0.15) is 0 Å². The first-order chi connectivity index (χ1) is 5.93. The van der Waals surface area contributed by atoms with Crippen LogP contribution in [-0.4, -0.2) is 26.7 Å². The quantitative estimate of drug-likeness (QED) is 0.430. The molecular formula is C7H13Cl2O3P. The lowest BCUT2D eigenvalue weighted by molar-refractivity contribution is 0.335. The molecule has 78 valence electrons. The second-order valence-corrected chi connectivity index (χ2v) is 5.46. The normalized spacial score (nSPS) is 12.9. The summed E-state index contributed by atoms with van der Waals surface area (Å²) >= 11 is 10.9. The van der Waals surface area contributed by atoms with Crippen LogP contribution in [0.1, 0.15) is 12.8 Å². The van der Waals surface area contributed by atoms with Crippen LogP contribution in [0.15, 0.2) is 12.7 Å². The summed E-state index contributed by atoms with van der Waals surface area (Å²) in [6.07, 6.45) is 1.64. The van der Waals surface area contributed by atoms with Gasteiger partial charge in [-0.25, -0.2) is 0 Å². The first-order valence-electron chi connectivity index (χ1n) is 3.74. The summed E-state index contributed by atoms with van der Waals surface area (Å²) < 4.78 is 11.2. The molecule has 0 unspecified atom stereocenters. The van der Waals surface area contributed by atoms with Crippen LogP contribution in [0.3, 0.4) is 0 Å². The zero-order valence-corrected chi connectivity index (χ0v) is 9.52. The Bertz CT molecular complexity index is 208. The highest BCUT2D eigenvalue weighted by Gasteiger charge is 2.42. The van der Waals surface area contributed by atoms with Crippen LogP contribution in [0.25, 0.3) is 0 Å². The van der Waals surface area contributed by atoms with Gasteiger partial charge in [0.15, 0.2) is 0 Å². The maximum atomic E-state index is 11.2. The molecule has 0 bridgehead atoms. The van der Waals surface area contributed by atoms with Gasteiger partial charge in [-0.3, -0.25) is 4.57 Å². The topological polar surface area (TPSA) is 57.5 Å². The molecule has 0 aliphatic rings. The van der Waals surface area contributed by atoms with Gasteiger partial charge in [0.05, 0.1) is 5.16 Å². The predicted molar refractivity (Wildman–Crippen MR) is 55.6 cm³/mol. The third-order valence-electron chi connectivity index (χ3n) is 2.01. The van der Waals surface area contributed by atoms with E-state index in [0.29, 0.717) is 0 Å². The molecule has 0 fully saturated rings. The minimum Gasteiger partial charge on any atom is -0.324 e. The molecule has 0 saturated heterocycles. The van der Waals surface area contributed by atoms with Crippen LogP contribution < -0.4 is 0 Å². The largest absolute Gasteiger partial charge is 0.335 e. The van der Waals surface area contributed by atoms with Gasteiger partial charge in [-0.1, -0.05) is 6.08 Å². The molecule has 2 N–H and O–H groups in total. The summed E-state index contributed by atoms with van der Waals surface area (Å²) in [7, 11) is -4.23. The third kappa shape index (κ3) is 3.26. The van der Waals surface area contributed by atoms with E-state index in [2.05, 4.69) is 6.58 Å². The van der Waals surface area contributed by atoms with Crippen molar-refractivity contribution in [2.45, 2.75) is 18.0 Å². The standard InChI is InChI=1S/C7H13Cl2O3P/c1-2-7(3-5-8,4-6-9)13(10,11)12/h2H,1,3-6H2,(H2,10,11,12). The van der Waals surface area contributed by atoms with E-state index in [1.807, 2.05) is 0 Å². The summed E-state index contributed by atoms with van der Waals surface area (Å²) in [5.74, 6) is 0.349. The molecular weight excluding hydrogens is 234 g/mol. The molecule has 0 heterocycles. The summed E-state index contributed by atoms with van der Waals surface area (Å²) in [6.45, 7) is 3.43. The lowest BCUT2D eigenvalue weighted by Gasteiger charge is -2.29. The van der Waals surface area contributed by atoms with Crippen molar-refractivity contribution in [3.05, 3.63) is 12.7 Å². The second kappa shape index (κ2) is 5.38. The fraction of sp³-hybridized carbons (Fsp3) is 0.714. The first kappa shape index (κ1) is 13.5. The Morgan fingerprint density at radius 2 is 1.69 bits per heavy atom. The molecule has 0 aromatic rings. The molecule has 0 aromatic carbocycles. The van der Waals surface area contributed by atoms with Crippen molar-refractivity contribution in [1.82, 2.24) is 0 Å². The Morgan fingerprint density at radius 1 is 1.31 bits per heavy atom. The molecule has 13 heavy (non-hydrogen) atoms. The zero-order chi connectivity index (χ0) is 10.5. The highest BCUT2D eigenvalue weighted by Crippen LogP contribution is 2.55. The molecule has 0 saturated carbocycles. The van der Waals surface area contributed by atoms with Crippen molar-refractivity contribution in [2.75, 3.05) is 11.8 Å². The fourth-order valence-electron chi connectivity index (χ4n) is 1.07. The predicted octanol–water partition coefficient (Wildman–Crippen LogP) is 2.35. The highest BCUT2D eigenvalue weighted by atomic mass is 35.5. The fourth-order valence-corrected chi connectivity index (χ4v) is 3.05. The number of halogens is 2. The van der Waals surface area contributed by atoms with E-state index in [-0.39, 0.29) is 24.6 Å². The summed E-state index contributed by atoms with van der Waals surface area (Å²) in [5, 5.41) is -1.25. The van der Waals surface area contributed by atoms with Crippen LogP contribution in [0.5, 0.6) is 0 Å². The minimum absolute atomic E-state index is 0.175. The van der Waals surface area contributed by atoms with E-state index in [1.165, 1.54) is 6.08 Å². The van der Waals surface area contributed by atoms with E-state index in [1.54, 1.807) is 0 Å². The van der Waals surface area contributed by atoms with Crippen molar-refractivity contribution in [3.63, 3.8) is 0 Å². The Balaban J connectivity index is 4.86. The third-order valence-corrected chi connectivity index (χ3v) is 4.18. The van der Waals surface area contributed by atoms with Gasteiger partial charge in [-0.15, -0.1) is 29.8 Å². The van der Waals surface area contributed by atoms with Crippen molar-refractivity contribution in [1.29, 1.82) is 0 Å². The van der Waals surface area contributed by atoms with Crippen LogP contribution in [-0.2, 0) is 4.57 Å². The smallest absolute Gasteiger partial charge is 0.324 e. The van der Waals surface area contributed by atoms with Crippen molar-refractivity contribution < 1.29 is 14.4 Å². The minimum atomic E-state index is -4.23. The van der Waals surface area contributed by atoms with Gasteiger partial charge in [-0.05, 0) is 12.8 Å². The van der Waals surface area contributed by atoms with E-state index in [0.717, 1.165) is 0 Å².